The Kier molecular flexibility index (Phi) is 12.8. The lowest BCUT2D eigenvalue weighted by Crippen LogP contribution is -2.41. The number of hydrogen-bond acceptors (Lipinski definition) is 6. The fourth-order valence-corrected chi connectivity index (χ4v) is 7.51. The Morgan fingerprint density at radius 3 is 2.63 bits per heavy atom. The van der Waals surface area contributed by atoms with Crippen molar-refractivity contribution in [1.29, 1.82) is 0 Å². The number of nitrogens with zero attached hydrogens (tertiary/aromatic N) is 2. The molecule has 224 valence electrons. The number of likely N-dealkylation sites (tertiary alicyclic amines) is 1. The van der Waals surface area contributed by atoms with E-state index in [4.69, 9.17) is 16.6 Å². The molecule has 1 aromatic carbocycles. The number of aromatic nitrogens is 1. The van der Waals surface area contributed by atoms with Gasteiger partial charge in [-0.3, -0.25) is 19.3 Å². The molecule has 1 saturated carbocycles. The lowest BCUT2D eigenvalue weighted by molar-refractivity contribution is -0.130. The van der Waals surface area contributed by atoms with E-state index in [1.165, 1.54) is 62.7 Å². The van der Waals surface area contributed by atoms with Gasteiger partial charge in [0.2, 0.25) is 5.91 Å². The Hall–Kier alpha value is -2.09. The minimum atomic E-state index is -0.479. The van der Waals surface area contributed by atoms with Crippen molar-refractivity contribution in [3.8, 4) is 0 Å². The van der Waals surface area contributed by atoms with Gasteiger partial charge in [-0.05, 0) is 69.0 Å². The molecule has 2 aromatic rings. The second-order valence-electron chi connectivity index (χ2n) is 11.9. The van der Waals surface area contributed by atoms with Gasteiger partial charge >= 0.3 is 0 Å². The number of carbonyl (C=O) groups is 3. The first-order chi connectivity index (χ1) is 19.9. The third-order valence-electron chi connectivity index (χ3n) is 8.60. The van der Waals surface area contributed by atoms with Crippen LogP contribution in [0, 0.1) is 11.8 Å². The van der Waals surface area contributed by atoms with Crippen molar-refractivity contribution in [1.82, 2.24) is 15.2 Å². The number of hydrogen-bond donors (Lipinski definition) is 1. The van der Waals surface area contributed by atoms with E-state index in [1.54, 1.807) is 6.08 Å². The van der Waals surface area contributed by atoms with Gasteiger partial charge in [-0.15, -0.1) is 11.3 Å². The molecule has 0 radical (unpaired) electrons. The standard InChI is InChI=1S/C33H46ClN3O3S/c1-2-28(38)21-25(22-32-36-30-16-13-26(34)23-31(30)41-32)33(40)35-27(20-24-10-5-3-6-11-24)14-15-29(39)12-9-19-37-17-7-4-8-18-37/h9,12-13,16,23-25,27H,2-8,10-11,14-15,17-22H2,1H3,(H,35,40)/b12-9+/t25-,27+/m0/s1. The summed E-state index contributed by atoms with van der Waals surface area (Å²) in [6.07, 6.45) is 16.6. The van der Waals surface area contributed by atoms with Crippen molar-refractivity contribution in [2.24, 2.45) is 11.8 Å². The van der Waals surface area contributed by atoms with Crippen molar-refractivity contribution < 1.29 is 14.4 Å². The molecule has 2 fully saturated rings. The van der Waals surface area contributed by atoms with Gasteiger partial charge in [0.05, 0.1) is 21.1 Å². The summed E-state index contributed by atoms with van der Waals surface area (Å²) in [4.78, 5) is 46.1. The fourth-order valence-electron chi connectivity index (χ4n) is 6.19. The van der Waals surface area contributed by atoms with Gasteiger partial charge in [0.25, 0.3) is 0 Å². The maximum absolute atomic E-state index is 13.7. The summed E-state index contributed by atoms with van der Waals surface area (Å²) in [5, 5.41) is 4.79. The van der Waals surface area contributed by atoms with Gasteiger partial charge in [-0.25, -0.2) is 4.98 Å². The van der Waals surface area contributed by atoms with Crippen molar-refractivity contribution in [3.63, 3.8) is 0 Å². The number of Topliss-reactive ketones (excluding diaryl/α,β-unsaturated/α-hetero) is 1. The molecule has 0 spiro atoms. The van der Waals surface area contributed by atoms with E-state index in [0.29, 0.717) is 36.6 Å². The topological polar surface area (TPSA) is 79.4 Å². The Morgan fingerprint density at radius 2 is 1.88 bits per heavy atom. The summed E-state index contributed by atoms with van der Waals surface area (Å²) in [7, 11) is 0. The number of fused-ring (bicyclic) bond motifs is 1. The number of amides is 1. The van der Waals surface area contributed by atoms with Crippen LogP contribution in [0.25, 0.3) is 10.2 Å². The molecule has 1 amide bonds. The molecule has 6 nitrogen and oxygen atoms in total. The minimum Gasteiger partial charge on any atom is -0.353 e. The van der Waals surface area contributed by atoms with E-state index >= 15 is 0 Å². The lowest BCUT2D eigenvalue weighted by atomic mass is 9.83. The maximum Gasteiger partial charge on any atom is 0.224 e. The first-order valence-corrected chi connectivity index (χ1v) is 16.9. The van der Waals surface area contributed by atoms with Gasteiger partial charge in [0.15, 0.2) is 5.78 Å². The summed E-state index contributed by atoms with van der Waals surface area (Å²) < 4.78 is 0.982. The van der Waals surface area contributed by atoms with Crippen molar-refractivity contribution in [3.05, 3.63) is 40.4 Å². The van der Waals surface area contributed by atoms with Crippen LogP contribution >= 0.6 is 22.9 Å². The Balaban J connectivity index is 1.39. The second kappa shape index (κ2) is 16.5. The van der Waals surface area contributed by atoms with E-state index in [2.05, 4.69) is 10.2 Å². The monoisotopic (exact) mass is 599 g/mol. The van der Waals surface area contributed by atoms with Gasteiger partial charge in [-0.1, -0.05) is 63.1 Å². The van der Waals surface area contributed by atoms with E-state index in [-0.39, 0.29) is 29.9 Å². The van der Waals surface area contributed by atoms with Gasteiger partial charge < -0.3 is 5.32 Å². The molecule has 8 heteroatoms. The molecule has 1 saturated heterocycles. The largest absolute Gasteiger partial charge is 0.353 e. The number of carbonyl (C=O) groups excluding carboxylic acids is 3. The summed E-state index contributed by atoms with van der Waals surface area (Å²) in [6.45, 7) is 4.90. The van der Waals surface area contributed by atoms with Crippen molar-refractivity contribution in [2.45, 2.75) is 103 Å². The number of allylic oxidation sites excluding steroid dienone is 1. The van der Waals surface area contributed by atoms with Crippen LogP contribution < -0.4 is 5.32 Å². The molecule has 1 aliphatic heterocycles. The Bertz CT molecular complexity index is 1180. The van der Waals surface area contributed by atoms with Gasteiger partial charge in [0, 0.05) is 43.3 Å². The third kappa shape index (κ3) is 10.6. The first kappa shape index (κ1) is 31.8. The van der Waals surface area contributed by atoms with Crippen LogP contribution in [0.4, 0.5) is 0 Å². The molecule has 0 bridgehead atoms. The maximum atomic E-state index is 13.7. The molecular formula is C33H46ClN3O3S. The highest BCUT2D eigenvalue weighted by molar-refractivity contribution is 7.18. The molecule has 0 unspecified atom stereocenters. The molecule has 2 heterocycles. The number of nitrogens with one attached hydrogen (secondary N) is 1. The van der Waals surface area contributed by atoms with Crippen LogP contribution in [0.1, 0.15) is 95.4 Å². The molecule has 4 rings (SSSR count). The van der Waals surface area contributed by atoms with Crippen LogP contribution in [-0.2, 0) is 20.8 Å². The van der Waals surface area contributed by atoms with Crippen molar-refractivity contribution in [2.75, 3.05) is 19.6 Å². The zero-order valence-electron chi connectivity index (χ0n) is 24.5. The number of halogens is 1. The fraction of sp³-hybridized carbons (Fsp3) is 0.636. The third-order valence-corrected chi connectivity index (χ3v) is 9.87. The predicted octanol–water partition coefficient (Wildman–Crippen LogP) is 7.32. The zero-order valence-corrected chi connectivity index (χ0v) is 26.1. The normalized spacial score (nSPS) is 18.5. The lowest BCUT2D eigenvalue weighted by Gasteiger charge is -2.28. The number of thiazole rings is 1. The molecule has 1 aromatic heterocycles. The molecule has 1 N–H and O–H groups in total. The second-order valence-corrected chi connectivity index (χ2v) is 13.5. The molecule has 41 heavy (non-hydrogen) atoms. The number of ketones is 2. The van der Waals surface area contributed by atoms with Crippen molar-refractivity contribution >= 4 is 50.6 Å². The molecule has 2 aliphatic rings. The van der Waals surface area contributed by atoms with Crippen LogP contribution in [0.2, 0.25) is 5.02 Å². The number of rotatable bonds is 15. The number of benzene rings is 1. The average Bonchev–Trinajstić information content (AvgIpc) is 3.38. The number of piperidine rings is 1. The summed E-state index contributed by atoms with van der Waals surface area (Å²) >= 11 is 7.69. The quantitative estimate of drug-likeness (QED) is 0.217. The Labute approximate surface area is 254 Å². The van der Waals surface area contributed by atoms with E-state index in [1.807, 2.05) is 31.2 Å². The summed E-state index contributed by atoms with van der Waals surface area (Å²) in [5.74, 6) is 0.192. The first-order valence-electron chi connectivity index (χ1n) is 15.7. The SMILES string of the molecule is CCC(=O)C[C@@H](Cc1nc2ccc(Cl)cc2s1)C(=O)N[C@H](CCC(=O)/C=C/CN1CCCCC1)CC1CCCCC1. The zero-order chi connectivity index (χ0) is 29.0. The highest BCUT2D eigenvalue weighted by Crippen LogP contribution is 2.30. The van der Waals surface area contributed by atoms with Gasteiger partial charge in [0.1, 0.15) is 5.78 Å². The van der Waals surface area contributed by atoms with Gasteiger partial charge in [-0.2, -0.15) is 0 Å². The van der Waals surface area contributed by atoms with Crippen LogP contribution in [0.15, 0.2) is 30.4 Å². The van der Waals surface area contributed by atoms with E-state index < -0.39 is 5.92 Å². The molecule has 1 aliphatic carbocycles. The Morgan fingerprint density at radius 1 is 1.12 bits per heavy atom. The smallest absolute Gasteiger partial charge is 0.224 e. The minimum absolute atomic E-state index is 0.0709. The summed E-state index contributed by atoms with van der Waals surface area (Å²) in [5.41, 5.74) is 0.859. The highest BCUT2D eigenvalue weighted by atomic mass is 35.5. The summed E-state index contributed by atoms with van der Waals surface area (Å²) in [6, 6.07) is 5.53. The van der Waals surface area contributed by atoms with E-state index in [0.717, 1.165) is 41.3 Å². The highest BCUT2D eigenvalue weighted by Gasteiger charge is 2.27. The van der Waals surface area contributed by atoms with Crippen LogP contribution in [0.5, 0.6) is 0 Å². The molecule has 2 atom stereocenters. The average molecular weight is 600 g/mol. The van der Waals surface area contributed by atoms with Crippen LogP contribution in [0.3, 0.4) is 0 Å². The van der Waals surface area contributed by atoms with E-state index in [9.17, 15) is 14.4 Å². The predicted molar refractivity (Wildman–Crippen MR) is 169 cm³/mol. The van der Waals surface area contributed by atoms with Crippen LogP contribution in [-0.4, -0.2) is 53.0 Å². The molecular weight excluding hydrogens is 554 g/mol.